The summed E-state index contributed by atoms with van der Waals surface area (Å²) >= 11 is 0. The number of carbonyl (C=O) groups is 2. The van der Waals surface area contributed by atoms with Crippen LogP contribution in [0, 0.1) is 5.92 Å². The smallest absolute Gasteiger partial charge is 0.239 e. The minimum Gasteiger partial charge on any atom is -0.496 e. The Morgan fingerprint density at radius 1 is 1.14 bits per heavy atom. The molecule has 2 N–H and O–H groups in total. The van der Waals surface area contributed by atoms with Crippen LogP contribution in [0.5, 0.6) is 5.75 Å². The largest absolute Gasteiger partial charge is 0.496 e. The molecule has 5 heteroatoms. The van der Waals surface area contributed by atoms with E-state index in [1.54, 1.807) is 7.11 Å². The van der Waals surface area contributed by atoms with E-state index in [0.29, 0.717) is 6.54 Å². The van der Waals surface area contributed by atoms with E-state index in [-0.39, 0.29) is 24.3 Å². The third-order valence-corrected chi connectivity index (χ3v) is 3.45. The Balaban J connectivity index is 2.39. The van der Waals surface area contributed by atoms with Gasteiger partial charge in [0.2, 0.25) is 11.8 Å². The lowest BCUT2D eigenvalue weighted by atomic mass is 10.0. The Bertz CT molecular complexity index is 470. The Hall–Kier alpha value is -2.04. The number of methoxy groups -OCH3 is 1. The van der Waals surface area contributed by atoms with Gasteiger partial charge in [0, 0.05) is 18.0 Å². The molecule has 0 unspecified atom stereocenters. The van der Waals surface area contributed by atoms with Crippen molar-refractivity contribution in [2.75, 3.05) is 13.7 Å². The minimum absolute atomic E-state index is 0.00445. The summed E-state index contributed by atoms with van der Waals surface area (Å²) in [5.41, 5.74) is 0.902. The van der Waals surface area contributed by atoms with Crippen molar-refractivity contribution in [2.24, 2.45) is 5.92 Å². The average Bonchev–Trinajstić information content (AvgIpc) is 2.52. The lowest BCUT2D eigenvalue weighted by Gasteiger charge is -2.13. The Labute approximate surface area is 126 Å². The number of hydrogen-bond acceptors (Lipinski definition) is 3. The number of carbonyl (C=O) groups excluding carboxylic acids is 2. The lowest BCUT2D eigenvalue weighted by molar-refractivity contribution is -0.128. The Kier molecular flexibility index (Phi) is 7.29. The van der Waals surface area contributed by atoms with Crippen molar-refractivity contribution in [1.29, 1.82) is 0 Å². The van der Waals surface area contributed by atoms with Gasteiger partial charge in [-0.2, -0.15) is 0 Å². The molecule has 21 heavy (non-hydrogen) atoms. The molecule has 0 heterocycles. The fraction of sp³-hybridized carbons (Fsp3) is 0.500. The molecule has 0 aromatic heterocycles. The second-order valence-corrected chi connectivity index (χ2v) is 4.82. The van der Waals surface area contributed by atoms with Gasteiger partial charge in [-0.15, -0.1) is 0 Å². The van der Waals surface area contributed by atoms with Crippen LogP contribution in [0.4, 0.5) is 0 Å². The van der Waals surface area contributed by atoms with Gasteiger partial charge in [-0.1, -0.05) is 32.0 Å². The molecule has 0 spiro atoms. The van der Waals surface area contributed by atoms with Gasteiger partial charge in [0.1, 0.15) is 5.75 Å². The molecule has 0 aliphatic carbocycles. The highest BCUT2D eigenvalue weighted by Crippen LogP contribution is 2.16. The molecule has 1 aromatic carbocycles. The Morgan fingerprint density at radius 2 is 1.81 bits per heavy atom. The highest BCUT2D eigenvalue weighted by atomic mass is 16.5. The molecule has 0 aliphatic rings. The quantitative estimate of drug-likeness (QED) is 0.768. The second kappa shape index (κ2) is 9.00. The van der Waals surface area contributed by atoms with Crippen LogP contribution in [-0.4, -0.2) is 25.5 Å². The molecule has 1 aromatic rings. The van der Waals surface area contributed by atoms with Gasteiger partial charge in [0.25, 0.3) is 0 Å². The maximum Gasteiger partial charge on any atom is 0.239 e. The molecule has 5 nitrogen and oxygen atoms in total. The number of para-hydroxylation sites is 1. The monoisotopic (exact) mass is 292 g/mol. The molecule has 0 bridgehead atoms. The molecule has 0 atom stereocenters. The summed E-state index contributed by atoms with van der Waals surface area (Å²) < 4.78 is 5.22. The maximum absolute atomic E-state index is 11.8. The van der Waals surface area contributed by atoms with Crippen LogP contribution in [0.1, 0.15) is 32.3 Å². The normalized spacial score (nSPS) is 10.3. The second-order valence-electron chi connectivity index (χ2n) is 4.82. The van der Waals surface area contributed by atoms with Crippen LogP contribution in [-0.2, 0) is 16.1 Å². The molecule has 0 aliphatic heterocycles. The molecule has 116 valence electrons. The molecule has 0 saturated carbocycles. The fourth-order valence-corrected chi connectivity index (χ4v) is 2.08. The molecule has 0 saturated heterocycles. The third-order valence-electron chi connectivity index (χ3n) is 3.45. The van der Waals surface area contributed by atoms with Crippen molar-refractivity contribution in [3.05, 3.63) is 29.8 Å². The summed E-state index contributed by atoms with van der Waals surface area (Å²) in [5, 5.41) is 5.44. The lowest BCUT2D eigenvalue weighted by Crippen LogP contribution is -2.39. The van der Waals surface area contributed by atoms with Crippen molar-refractivity contribution >= 4 is 11.8 Å². The van der Waals surface area contributed by atoms with Gasteiger partial charge in [-0.25, -0.2) is 0 Å². The van der Waals surface area contributed by atoms with Gasteiger partial charge >= 0.3 is 0 Å². The zero-order valence-electron chi connectivity index (χ0n) is 12.9. The summed E-state index contributed by atoms with van der Waals surface area (Å²) in [5.74, 6) is 0.443. The number of hydrogen-bond donors (Lipinski definition) is 2. The average molecular weight is 292 g/mol. The highest BCUT2D eigenvalue weighted by Gasteiger charge is 2.14. The summed E-state index contributed by atoms with van der Waals surface area (Å²) in [7, 11) is 1.59. The number of nitrogens with one attached hydrogen (secondary N) is 2. The van der Waals surface area contributed by atoms with E-state index in [1.807, 2.05) is 38.1 Å². The first-order valence-corrected chi connectivity index (χ1v) is 7.28. The molecule has 0 fully saturated rings. The van der Waals surface area contributed by atoms with E-state index >= 15 is 0 Å². The van der Waals surface area contributed by atoms with Crippen LogP contribution in [0.25, 0.3) is 0 Å². The van der Waals surface area contributed by atoms with Crippen molar-refractivity contribution < 1.29 is 14.3 Å². The standard InChI is InChI=1S/C16H24N2O3/c1-4-12(5-2)16(20)18-11-15(19)17-10-13-8-6-7-9-14(13)21-3/h6-9,12H,4-5,10-11H2,1-3H3,(H,17,19)(H,18,20). The summed E-state index contributed by atoms with van der Waals surface area (Å²) in [6.07, 6.45) is 1.57. The van der Waals surface area contributed by atoms with Gasteiger partial charge in [0.05, 0.1) is 13.7 Å². The van der Waals surface area contributed by atoms with Crippen LogP contribution >= 0.6 is 0 Å². The Morgan fingerprint density at radius 3 is 2.43 bits per heavy atom. The first kappa shape index (κ1) is 17.0. The molecule has 0 radical (unpaired) electrons. The molecule has 2 amide bonds. The first-order valence-electron chi connectivity index (χ1n) is 7.28. The van der Waals surface area contributed by atoms with Crippen LogP contribution < -0.4 is 15.4 Å². The van der Waals surface area contributed by atoms with Crippen LogP contribution in [0.3, 0.4) is 0 Å². The topological polar surface area (TPSA) is 67.4 Å². The van der Waals surface area contributed by atoms with E-state index in [0.717, 1.165) is 24.2 Å². The first-order chi connectivity index (χ1) is 10.1. The van der Waals surface area contributed by atoms with E-state index < -0.39 is 0 Å². The highest BCUT2D eigenvalue weighted by molar-refractivity contribution is 5.85. The molecule has 1 rings (SSSR count). The van der Waals surface area contributed by atoms with Crippen molar-refractivity contribution in [1.82, 2.24) is 10.6 Å². The maximum atomic E-state index is 11.8. The fourth-order valence-electron chi connectivity index (χ4n) is 2.08. The number of amides is 2. The molecular formula is C16H24N2O3. The van der Waals surface area contributed by atoms with Crippen molar-refractivity contribution in [2.45, 2.75) is 33.2 Å². The van der Waals surface area contributed by atoms with Crippen LogP contribution in [0.2, 0.25) is 0 Å². The van der Waals surface area contributed by atoms with E-state index in [1.165, 1.54) is 0 Å². The van der Waals surface area contributed by atoms with Crippen molar-refractivity contribution in [3.8, 4) is 5.75 Å². The predicted molar refractivity (Wildman–Crippen MR) is 81.9 cm³/mol. The number of ether oxygens (including phenoxy) is 1. The van der Waals surface area contributed by atoms with Gasteiger partial charge in [-0.05, 0) is 18.9 Å². The van der Waals surface area contributed by atoms with E-state index in [9.17, 15) is 9.59 Å². The van der Waals surface area contributed by atoms with Gasteiger partial charge in [-0.3, -0.25) is 9.59 Å². The predicted octanol–water partition coefficient (Wildman–Crippen LogP) is 1.86. The van der Waals surface area contributed by atoms with Gasteiger partial charge in [0.15, 0.2) is 0 Å². The van der Waals surface area contributed by atoms with E-state index in [4.69, 9.17) is 4.74 Å². The minimum atomic E-state index is -0.208. The van der Waals surface area contributed by atoms with Crippen molar-refractivity contribution in [3.63, 3.8) is 0 Å². The summed E-state index contributed by atoms with van der Waals surface area (Å²) in [4.78, 5) is 23.5. The van der Waals surface area contributed by atoms with E-state index in [2.05, 4.69) is 10.6 Å². The zero-order chi connectivity index (χ0) is 15.7. The summed E-state index contributed by atoms with van der Waals surface area (Å²) in [6.45, 7) is 4.32. The SMILES string of the molecule is CCC(CC)C(=O)NCC(=O)NCc1ccccc1OC. The zero-order valence-corrected chi connectivity index (χ0v) is 12.9. The number of rotatable bonds is 8. The molecular weight excluding hydrogens is 268 g/mol. The number of benzene rings is 1. The third kappa shape index (κ3) is 5.45. The summed E-state index contributed by atoms with van der Waals surface area (Å²) in [6, 6.07) is 7.50. The van der Waals surface area contributed by atoms with Gasteiger partial charge < -0.3 is 15.4 Å². The van der Waals surface area contributed by atoms with Crippen LogP contribution in [0.15, 0.2) is 24.3 Å².